The Balaban J connectivity index is 0. The van der Waals surface area contributed by atoms with E-state index < -0.39 is 22.9 Å². The van der Waals surface area contributed by atoms with E-state index in [0.29, 0.717) is 5.75 Å². The van der Waals surface area contributed by atoms with Gasteiger partial charge >= 0.3 is 5.69 Å². The van der Waals surface area contributed by atoms with Gasteiger partial charge in [-0.1, -0.05) is 14.9 Å². The van der Waals surface area contributed by atoms with E-state index in [1.165, 1.54) is 11.8 Å². The minimum absolute atomic E-state index is 0. The molecule has 2 heterocycles. The van der Waals surface area contributed by atoms with Gasteiger partial charge in [0, 0.05) is 5.75 Å². The number of hydrogen-bond donors (Lipinski definition) is 2. The van der Waals surface area contributed by atoms with E-state index in [1.54, 1.807) is 0 Å². The van der Waals surface area contributed by atoms with Crippen molar-refractivity contribution in [3.8, 4) is 0 Å². The molecule has 0 aliphatic carbocycles. The Kier molecular flexibility index (Phi) is 7.57. The molecule has 0 spiro atoms. The van der Waals surface area contributed by atoms with Crippen molar-refractivity contribution < 1.29 is 19.0 Å². The van der Waals surface area contributed by atoms with Crippen LogP contribution >= 0.6 is 11.8 Å². The van der Waals surface area contributed by atoms with Crippen LogP contribution in [0.5, 0.6) is 0 Å². The molecule has 1 aliphatic rings. The third kappa shape index (κ3) is 4.15. The summed E-state index contributed by atoms with van der Waals surface area (Å²) in [6.45, 7) is -0.136. The Bertz CT molecular complexity index is 464. The van der Waals surface area contributed by atoms with Crippen molar-refractivity contribution >= 4 is 17.6 Å². The largest absolute Gasteiger partial charge is 0.394 e. The predicted octanol–water partition coefficient (Wildman–Crippen LogP) is 0.970. The SMILES string of the molecule is C.C.Nc1nc(=O)n([C@H]2O[C@@H](CO)CS2)cc1F.[3H]F. The molecule has 2 rings (SSSR count). The van der Waals surface area contributed by atoms with Crippen LogP contribution in [0.25, 0.3) is 0 Å². The smallest absolute Gasteiger partial charge is 0.352 e. The quantitative estimate of drug-likeness (QED) is 0.846. The normalized spacial score (nSPS) is 21.3. The Morgan fingerprint density at radius 2 is 2.37 bits per heavy atom. The van der Waals surface area contributed by atoms with Gasteiger partial charge in [0.25, 0.3) is 1.45 Å². The van der Waals surface area contributed by atoms with Gasteiger partial charge in [0.2, 0.25) is 0 Å². The maximum absolute atomic E-state index is 13.1. The minimum Gasteiger partial charge on any atom is -0.394 e. The number of aliphatic hydroxyl groups is 1. The van der Waals surface area contributed by atoms with Crippen LogP contribution in [0, 0.1) is 5.82 Å². The maximum Gasteiger partial charge on any atom is 0.352 e. The van der Waals surface area contributed by atoms with Crippen molar-refractivity contribution in [2.75, 3.05) is 18.1 Å². The number of halogens is 2. The lowest BCUT2D eigenvalue weighted by Gasteiger charge is -2.13. The van der Waals surface area contributed by atoms with E-state index in [2.05, 4.69) is 6.43 Å². The molecule has 1 aromatic heterocycles. The molecule has 3 N–H and O–H groups in total. The minimum atomic E-state index is -0.767. The first kappa shape index (κ1) is 17.8. The summed E-state index contributed by atoms with van der Waals surface area (Å²) in [4.78, 5) is 14.7. The Morgan fingerprint density at radius 3 is 2.89 bits per heavy atom. The molecular formula is C10H19F2N3O3S. The molecule has 1 fully saturated rings. The van der Waals surface area contributed by atoms with Gasteiger partial charge in [0.15, 0.2) is 17.2 Å². The van der Waals surface area contributed by atoms with Gasteiger partial charge < -0.3 is 15.6 Å². The fraction of sp³-hybridized carbons (Fsp3) is 0.600. The number of thioether (sulfide) groups is 1. The molecule has 19 heavy (non-hydrogen) atoms. The highest BCUT2D eigenvalue weighted by Gasteiger charge is 2.28. The van der Waals surface area contributed by atoms with Gasteiger partial charge in [0.1, 0.15) is 0 Å². The number of hydrogen-bond acceptors (Lipinski definition) is 6. The van der Waals surface area contributed by atoms with Gasteiger partial charge in [-0.15, -0.1) is 11.8 Å². The second-order valence-electron chi connectivity index (χ2n) is 3.24. The molecule has 0 bridgehead atoms. The maximum atomic E-state index is 13.1. The standard InChI is InChI=1S/C8H10FN3O3S.2CH4.FH/c9-5-1-12(7(14)11-6(5)10)8-15-4(2-13)3-16-8;;;/h1,4,8,13H,2-3H2,(H2,10,11,14);2*1H4;1H/t4-,8-;;;/m0.../s1/i/hT. The van der Waals surface area contributed by atoms with Crippen LogP contribution in [0.4, 0.5) is 14.9 Å². The molecule has 1 aliphatic heterocycles. The van der Waals surface area contributed by atoms with Crippen LogP contribution < -0.4 is 11.4 Å². The topological polar surface area (TPSA) is 90.4 Å². The van der Waals surface area contributed by atoms with Gasteiger partial charge in [-0.3, -0.25) is 9.28 Å². The van der Waals surface area contributed by atoms with Crippen LogP contribution in [-0.2, 0) is 4.74 Å². The molecule has 2 atom stereocenters. The van der Waals surface area contributed by atoms with Gasteiger partial charge in [-0.2, -0.15) is 4.98 Å². The fourth-order valence-electron chi connectivity index (χ4n) is 1.28. The number of nitrogens with two attached hydrogens (primary N) is 1. The van der Waals surface area contributed by atoms with E-state index in [4.69, 9.17) is 20.3 Å². The van der Waals surface area contributed by atoms with Gasteiger partial charge in [-0.05, 0) is 0 Å². The lowest BCUT2D eigenvalue weighted by molar-refractivity contribution is -0.00349. The van der Waals surface area contributed by atoms with Crippen LogP contribution in [0.15, 0.2) is 11.0 Å². The van der Waals surface area contributed by atoms with E-state index in [1.807, 2.05) is 0 Å². The highest BCUT2D eigenvalue weighted by Crippen LogP contribution is 2.32. The zero-order valence-corrected chi connectivity index (χ0v) is 9.36. The number of ether oxygens (including phenoxy) is 1. The summed E-state index contributed by atoms with van der Waals surface area (Å²) in [5.41, 5.74) is 3.82. The third-order valence-electron chi connectivity index (χ3n) is 2.10. The van der Waals surface area contributed by atoms with Crippen molar-refractivity contribution in [3.63, 3.8) is 0 Å². The first-order valence-corrected chi connectivity index (χ1v) is 5.58. The number of anilines is 1. The molecule has 1 saturated heterocycles. The monoisotopic (exact) mass is 301 g/mol. The van der Waals surface area contributed by atoms with Crippen molar-refractivity contribution in [1.82, 2.24) is 9.55 Å². The van der Waals surface area contributed by atoms with Gasteiger partial charge in [0.05, 0.1) is 18.9 Å². The van der Waals surface area contributed by atoms with Crippen molar-refractivity contribution in [1.29, 1.82) is 1.45 Å². The molecule has 9 heteroatoms. The molecule has 0 unspecified atom stereocenters. The molecular weight excluding hydrogens is 280 g/mol. The highest BCUT2D eigenvalue weighted by molar-refractivity contribution is 7.99. The van der Waals surface area contributed by atoms with Gasteiger partial charge in [-0.25, -0.2) is 9.18 Å². The Morgan fingerprint density at radius 1 is 1.74 bits per heavy atom. The zero-order valence-electron chi connectivity index (χ0n) is 9.55. The second-order valence-corrected chi connectivity index (χ2v) is 4.31. The number of nitrogen functional groups attached to an aromatic ring is 1. The molecule has 0 radical (unpaired) electrons. The first-order valence-electron chi connectivity index (χ1n) is 4.91. The summed E-state index contributed by atoms with van der Waals surface area (Å²) in [7, 11) is 0. The zero-order chi connectivity index (χ0) is 13.7. The molecule has 0 amide bonds. The first-order chi connectivity index (χ1) is 8.61. The summed E-state index contributed by atoms with van der Waals surface area (Å²) in [5.74, 6) is -0.654. The summed E-state index contributed by atoms with van der Waals surface area (Å²) in [6, 6.07) is 0. The Labute approximate surface area is 115 Å². The Hall–Kier alpha value is -1.19. The number of rotatable bonds is 2. The molecule has 112 valence electrons. The third-order valence-corrected chi connectivity index (χ3v) is 3.29. The van der Waals surface area contributed by atoms with E-state index in [-0.39, 0.29) is 27.6 Å². The fourth-order valence-corrected chi connectivity index (χ4v) is 2.39. The van der Waals surface area contributed by atoms with Crippen molar-refractivity contribution in [2.45, 2.75) is 26.5 Å². The lowest BCUT2D eigenvalue weighted by Crippen LogP contribution is -2.28. The summed E-state index contributed by atoms with van der Waals surface area (Å²) >= 11 is 1.29. The molecule has 1 aromatic rings. The van der Waals surface area contributed by atoms with Crippen LogP contribution in [0.3, 0.4) is 0 Å². The van der Waals surface area contributed by atoms with Crippen LogP contribution in [0.1, 0.15) is 20.4 Å². The number of nitrogens with zero attached hydrogens (tertiary/aromatic N) is 2. The average molecular weight is 301 g/mol. The van der Waals surface area contributed by atoms with Crippen LogP contribution in [-0.4, -0.2) is 34.6 Å². The molecule has 0 aromatic carbocycles. The van der Waals surface area contributed by atoms with E-state index in [0.717, 1.165) is 10.8 Å². The summed E-state index contributed by atoms with van der Waals surface area (Å²) in [6.07, 6.45) is 0.616. The molecule has 6 nitrogen and oxygen atoms in total. The predicted molar refractivity (Wildman–Crippen MR) is 72.3 cm³/mol. The van der Waals surface area contributed by atoms with Crippen LogP contribution in [0.2, 0.25) is 0 Å². The molecule has 0 saturated carbocycles. The number of aromatic nitrogens is 2. The lowest BCUT2D eigenvalue weighted by atomic mass is 10.4. The van der Waals surface area contributed by atoms with Crippen molar-refractivity contribution in [3.05, 3.63) is 22.5 Å². The number of aliphatic hydroxyl groups excluding tert-OH is 1. The summed E-state index contributed by atoms with van der Waals surface area (Å²) < 4.78 is 32.5. The second kappa shape index (κ2) is 8.08. The summed E-state index contributed by atoms with van der Waals surface area (Å²) in [5, 5.41) is 8.86. The highest BCUT2D eigenvalue weighted by atomic mass is 32.2. The van der Waals surface area contributed by atoms with E-state index >= 15 is 0 Å². The average Bonchev–Trinajstić information content (AvgIpc) is 2.85. The van der Waals surface area contributed by atoms with Crippen molar-refractivity contribution in [2.24, 2.45) is 0 Å². The van der Waals surface area contributed by atoms with E-state index in [9.17, 15) is 9.18 Å².